The zero-order valence-electron chi connectivity index (χ0n) is 14.9. The van der Waals surface area contributed by atoms with Gasteiger partial charge < -0.3 is 14.7 Å². The molecule has 0 N–H and O–H groups in total. The molecule has 132 valence electrons. The van der Waals surface area contributed by atoms with Crippen molar-refractivity contribution in [3.05, 3.63) is 11.8 Å². The number of aromatic nitrogens is 2. The molecule has 1 aromatic rings. The average Bonchev–Trinajstić information content (AvgIpc) is 3.34. The van der Waals surface area contributed by atoms with Gasteiger partial charge in [-0.1, -0.05) is 0 Å². The van der Waals surface area contributed by atoms with Crippen LogP contribution in [0, 0.1) is 0 Å². The lowest BCUT2D eigenvalue weighted by molar-refractivity contribution is 0.342. The van der Waals surface area contributed by atoms with Crippen LogP contribution in [-0.4, -0.2) is 60.7 Å². The summed E-state index contributed by atoms with van der Waals surface area (Å²) < 4.78 is 0. The number of rotatable bonds is 5. The predicted molar refractivity (Wildman–Crippen MR) is 98.9 cm³/mol. The highest BCUT2D eigenvalue weighted by molar-refractivity contribution is 5.47. The second-order valence-corrected chi connectivity index (χ2v) is 7.56. The third-order valence-corrected chi connectivity index (χ3v) is 5.71. The summed E-state index contributed by atoms with van der Waals surface area (Å²) in [5.41, 5.74) is 1.24. The van der Waals surface area contributed by atoms with Gasteiger partial charge in [0.05, 0.1) is 0 Å². The third-order valence-electron chi connectivity index (χ3n) is 5.71. The van der Waals surface area contributed by atoms with Crippen molar-refractivity contribution in [1.29, 1.82) is 0 Å². The van der Waals surface area contributed by atoms with E-state index in [-0.39, 0.29) is 0 Å². The Hall–Kier alpha value is -1.36. The lowest BCUT2D eigenvalue weighted by Crippen LogP contribution is -2.31. The molecule has 0 saturated carbocycles. The fourth-order valence-electron chi connectivity index (χ4n) is 4.22. The molecule has 3 aliphatic rings. The maximum Gasteiger partial charge on any atom is 0.227 e. The number of likely N-dealkylation sites (tertiary alicyclic amines) is 1. The van der Waals surface area contributed by atoms with Crippen LogP contribution in [0.1, 0.15) is 50.6 Å². The summed E-state index contributed by atoms with van der Waals surface area (Å²) in [5.74, 6) is 2.15. The van der Waals surface area contributed by atoms with E-state index in [0.29, 0.717) is 0 Å². The summed E-state index contributed by atoms with van der Waals surface area (Å²) in [4.78, 5) is 17.3. The third kappa shape index (κ3) is 3.82. The van der Waals surface area contributed by atoms with E-state index < -0.39 is 0 Å². The molecule has 0 spiro atoms. The van der Waals surface area contributed by atoms with E-state index >= 15 is 0 Å². The molecule has 0 amide bonds. The largest absolute Gasteiger partial charge is 0.356 e. The van der Waals surface area contributed by atoms with Crippen LogP contribution in [0.15, 0.2) is 6.07 Å². The maximum absolute atomic E-state index is 4.95. The predicted octanol–water partition coefficient (Wildman–Crippen LogP) is 2.71. The minimum atomic E-state index is 0.979. The number of anilines is 2. The van der Waals surface area contributed by atoms with Crippen LogP contribution < -0.4 is 9.80 Å². The van der Waals surface area contributed by atoms with Crippen molar-refractivity contribution in [2.24, 2.45) is 0 Å². The van der Waals surface area contributed by atoms with Crippen LogP contribution in [0.2, 0.25) is 0 Å². The van der Waals surface area contributed by atoms with Gasteiger partial charge in [-0.2, -0.15) is 4.98 Å². The van der Waals surface area contributed by atoms with E-state index in [2.05, 4.69) is 20.8 Å². The summed E-state index contributed by atoms with van der Waals surface area (Å²) in [7, 11) is 0. The van der Waals surface area contributed by atoms with Crippen molar-refractivity contribution in [3.63, 3.8) is 0 Å². The molecular weight excluding hydrogens is 298 g/mol. The number of nitrogens with zero attached hydrogens (tertiary/aromatic N) is 5. The lowest BCUT2D eigenvalue weighted by atomic mass is 10.1. The highest BCUT2D eigenvalue weighted by atomic mass is 15.3. The Kier molecular flexibility index (Phi) is 5.16. The second-order valence-electron chi connectivity index (χ2n) is 7.56. The quantitative estimate of drug-likeness (QED) is 0.830. The molecule has 4 rings (SSSR count). The smallest absolute Gasteiger partial charge is 0.227 e. The molecule has 0 bridgehead atoms. The van der Waals surface area contributed by atoms with E-state index in [1.165, 1.54) is 69.5 Å². The summed E-state index contributed by atoms with van der Waals surface area (Å²) in [6.45, 7) is 8.23. The normalized spacial score (nSPS) is 22.5. The molecule has 5 heteroatoms. The molecule has 4 heterocycles. The number of hydrogen-bond donors (Lipinski definition) is 0. The summed E-state index contributed by atoms with van der Waals surface area (Å²) >= 11 is 0. The van der Waals surface area contributed by atoms with Gasteiger partial charge in [0, 0.05) is 50.9 Å². The zero-order valence-corrected chi connectivity index (χ0v) is 14.9. The fourth-order valence-corrected chi connectivity index (χ4v) is 4.22. The van der Waals surface area contributed by atoms with Crippen LogP contribution in [0.5, 0.6) is 0 Å². The van der Waals surface area contributed by atoms with Gasteiger partial charge in [-0.3, -0.25) is 0 Å². The van der Waals surface area contributed by atoms with E-state index in [4.69, 9.17) is 9.97 Å². The summed E-state index contributed by atoms with van der Waals surface area (Å²) in [6.07, 6.45) is 10.3. The van der Waals surface area contributed by atoms with Gasteiger partial charge in [0.1, 0.15) is 5.82 Å². The molecule has 0 aromatic carbocycles. The topological polar surface area (TPSA) is 35.5 Å². The van der Waals surface area contributed by atoms with Gasteiger partial charge in [-0.05, 0) is 58.0 Å². The average molecular weight is 329 g/mol. The van der Waals surface area contributed by atoms with Gasteiger partial charge >= 0.3 is 0 Å². The van der Waals surface area contributed by atoms with Gasteiger partial charge in [0.25, 0.3) is 0 Å². The fraction of sp³-hybridized carbons (Fsp3) is 0.789. The molecule has 0 atom stereocenters. The first-order chi connectivity index (χ1) is 11.9. The van der Waals surface area contributed by atoms with Crippen LogP contribution in [0.25, 0.3) is 0 Å². The standard InChI is InChI=1S/C19H31N5/c1-2-11-23(12-3-1)18-16-17(8-15-22-9-4-5-10-22)20-19(21-18)24-13-6-7-14-24/h16H,1-15H2. The summed E-state index contributed by atoms with van der Waals surface area (Å²) in [5, 5.41) is 0. The second kappa shape index (κ2) is 7.68. The Bertz CT molecular complexity index is 529. The van der Waals surface area contributed by atoms with E-state index in [1.54, 1.807) is 0 Å². The molecular formula is C19H31N5. The Morgan fingerprint density at radius 3 is 2.08 bits per heavy atom. The first-order valence-corrected chi connectivity index (χ1v) is 9.99. The highest BCUT2D eigenvalue weighted by Gasteiger charge is 2.20. The molecule has 3 fully saturated rings. The van der Waals surface area contributed by atoms with Crippen molar-refractivity contribution in [2.45, 2.75) is 51.4 Å². The molecule has 3 saturated heterocycles. The Balaban J connectivity index is 1.52. The number of piperidine rings is 1. The van der Waals surface area contributed by atoms with Crippen LogP contribution in [0.4, 0.5) is 11.8 Å². The first kappa shape index (κ1) is 16.1. The minimum absolute atomic E-state index is 0.979. The highest BCUT2D eigenvalue weighted by Crippen LogP contribution is 2.24. The Morgan fingerprint density at radius 2 is 1.33 bits per heavy atom. The first-order valence-electron chi connectivity index (χ1n) is 9.99. The van der Waals surface area contributed by atoms with E-state index in [9.17, 15) is 0 Å². The van der Waals surface area contributed by atoms with Crippen molar-refractivity contribution in [3.8, 4) is 0 Å². The zero-order chi connectivity index (χ0) is 16.2. The minimum Gasteiger partial charge on any atom is -0.356 e. The van der Waals surface area contributed by atoms with Crippen LogP contribution in [-0.2, 0) is 6.42 Å². The van der Waals surface area contributed by atoms with Gasteiger partial charge in [-0.15, -0.1) is 0 Å². The van der Waals surface area contributed by atoms with Crippen molar-refractivity contribution >= 4 is 11.8 Å². The van der Waals surface area contributed by atoms with E-state index in [1.807, 2.05) is 0 Å². The Morgan fingerprint density at radius 1 is 0.708 bits per heavy atom. The van der Waals surface area contributed by atoms with Gasteiger partial charge in [0.15, 0.2) is 0 Å². The van der Waals surface area contributed by atoms with E-state index in [0.717, 1.165) is 45.1 Å². The molecule has 0 unspecified atom stereocenters. The molecule has 5 nitrogen and oxygen atoms in total. The maximum atomic E-state index is 4.95. The Labute approximate surface area is 146 Å². The van der Waals surface area contributed by atoms with Crippen LogP contribution >= 0.6 is 0 Å². The lowest BCUT2D eigenvalue weighted by Gasteiger charge is -2.29. The molecule has 0 aliphatic carbocycles. The molecule has 0 radical (unpaired) electrons. The molecule has 1 aromatic heterocycles. The summed E-state index contributed by atoms with van der Waals surface area (Å²) in [6, 6.07) is 2.26. The molecule has 24 heavy (non-hydrogen) atoms. The van der Waals surface area contributed by atoms with Crippen molar-refractivity contribution in [1.82, 2.24) is 14.9 Å². The SMILES string of the molecule is c1c(CCN2CCCC2)nc(N2CCCC2)nc1N1CCCCC1. The van der Waals surface area contributed by atoms with Crippen molar-refractivity contribution in [2.75, 3.05) is 55.6 Å². The van der Waals surface area contributed by atoms with Crippen molar-refractivity contribution < 1.29 is 0 Å². The van der Waals surface area contributed by atoms with Gasteiger partial charge in [-0.25, -0.2) is 4.98 Å². The monoisotopic (exact) mass is 329 g/mol. The molecule has 3 aliphatic heterocycles. The van der Waals surface area contributed by atoms with Gasteiger partial charge in [0.2, 0.25) is 5.95 Å². The number of hydrogen-bond acceptors (Lipinski definition) is 5. The van der Waals surface area contributed by atoms with Crippen LogP contribution in [0.3, 0.4) is 0 Å².